The number of aliphatic imine (C=N–C) groups is 1. The summed E-state index contributed by atoms with van der Waals surface area (Å²) in [5.74, 6) is 5.52. The van der Waals surface area contributed by atoms with Crippen LogP contribution in [0.3, 0.4) is 0 Å². The molecule has 0 aromatic heterocycles. The van der Waals surface area contributed by atoms with Crippen molar-refractivity contribution in [2.75, 3.05) is 13.2 Å². The van der Waals surface area contributed by atoms with Crippen molar-refractivity contribution in [3.63, 3.8) is 0 Å². The molecular formula is C6H15FN4. The first kappa shape index (κ1) is 10.2. The molecular weight excluding hydrogens is 147 g/mol. The Labute approximate surface area is 66.0 Å². The van der Waals surface area contributed by atoms with E-state index in [9.17, 15) is 4.39 Å². The van der Waals surface area contributed by atoms with Crippen LogP contribution in [-0.4, -0.2) is 25.2 Å². The van der Waals surface area contributed by atoms with Crippen LogP contribution >= 0.6 is 0 Å². The van der Waals surface area contributed by atoms with E-state index in [0.29, 0.717) is 5.96 Å². The van der Waals surface area contributed by atoms with E-state index in [2.05, 4.69) is 15.7 Å². The Balaban J connectivity index is 3.73. The van der Waals surface area contributed by atoms with Gasteiger partial charge >= 0.3 is 0 Å². The zero-order valence-electron chi connectivity index (χ0n) is 6.89. The second kappa shape index (κ2) is 5.91. The minimum atomic E-state index is -0.467. The lowest BCUT2D eigenvalue weighted by Gasteiger charge is -2.11. The number of nitrogens with one attached hydrogen (secondary N) is 2. The monoisotopic (exact) mass is 162 g/mol. The van der Waals surface area contributed by atoms with E-state index in [1.54, 1.807) is 0 Å². The number of hydrogen-bond donors (Lipinski definition) is 3. The molecule has 0 aliphatic heterocycles. The van der Waals surface area contributed by atoms with Crippen LogP contribution < -0.4 is 16.6 Å². The molecule has 11 heavy (non-hydrogen) atoms. The molecule has 0 bridgehead atoms. The molecule has 0 heterocycles. The Hall–Kier alpha value is -0.840. The summed E-state index contributed by atoms with van der Waals surface area (Å²) >= 11 is 0. The Kier molecular flexibility index (Phi) is 5.46. The van der Waals surface area contributed by atoms with Crippen molar-refractivity contribution in [2.24, 2.45) is 10.8 Å². The minimum absolute atomic E-state index is 0.138. The Bertz CT molecular complexity index is 124. The molecule has 0 fully saturated rings. The maximum Gasteiger partial charge on any atom is 0.206 e. The van der Waals surface area contributed by atoms with Gasteiger partial charge in [0.25, 0.3) is 0 Å². The van der Waals surface area contributed by atoms with E-state index in [1.807, 2.05) is 13.8 Å². The molecule has 0 aromatic rings. The van der Waals surface area contributed by atoms with E-state index in [0.717, 1.165) is 0 Å². The lowest BCUT2D eigenvalue weighted by molar-refractivity contribution is 0.503. The van der Waals surface area contributed by atoms with Gasteiger partial charge in [-0.05, 0) is 13.8 Å². The van der Waals surface area contributed by atoms with Gasteiger partial charge in [-0.3, -0.25) is 5.43 Å². The number of hydrazine groups is 1. The van der Waals surface area contributed by atoms with E-state index < -0.39 is 6.67 Å². The molecule has 0 aliphatic rings. The maximum atomic E-state index is 11.6. The van der Waals surface area contributed by atoms with E-state index in [-0.39, 0.29) is 12.6 Å². The molecule has 0 rings (SSSR count). The molecule has 5 heteroatoms. The SMILES string of the molecule is CC(C)NC(=NCCF)NN. The summed E-state index contributed by atoms with van der Waals surface area (Å²) in [6.07, 6.45) is 0. The van der Waals surface area contributed by atoms with Crippen LogP contribution in [0.2, 0.25) is 0 Å². The number of hydrogen-bond acceptors (Lipinski definition) is 2. The molecule has 4 nitrogen and oxygen atoms in total. The van der Waals surface area contributed by atoms with Gasteiger partial charge in [-0.15, -0.1) is 0 Å². The summed E-state index contributed by atoms with van der Waals surface area (Å²) in [4.78, 5) is 3.80. The molecule has 0 aliphatic carbocycles. The topological polar surface area (TPSA) is 62.4 Å². The highest BCUT2D eigenvalue weighted by Gasteiger charge is 1.96. The fraction of sp³-hybridized carbons (Fsp3) is 0.833. The number of guanidine groups is 1. The average molecular weight is 162 g/mol. The summed E-state index contributed by atoms with van der Waals surface area (Å²) in [5, 5.41) is 2.91. The molecule has 0 spiro atoms. The third-order valence-corrected chi connectivity index (χ3v) is 0.917. The fourth-order valence-electron chi connectivity index (χ4n) is 0.560. The Morgan fingerprint density at radius 3 is 2.64 bits per heavy atom. The first-order valence-corrected chi connectivity index (χ1v) is 3.54. The molecule has 4 N–H and O–H groups in total. The predicted molar refractivity (Wildman–Crippen MR) is 43.9 cm³/mol. The van der Waals surface area contributed by atoms with Crippen molar-refractivity contribution in [1.29, 1.82) is 0 Å². The van der Waals surface area contributed by atoms with Gasteiger partial charge in [-0.2, -0.15) is 0 Å². The first-order chi connectivity index (χ1) is 5.20. The first-order valence-electron chi connectivity index (χ1n) is 3.54. The summed E-state index contributed by atoms with van der Waals surface area (Å²) in [6, 6.07) is 0.240. The fourth-order valence-corrected chi connectivity index (χ4v) is 0.560. The predicted octanol–water partition coefficient (Wildman–Crippen LogP) is -0.227. The lowest BCUT2D eigenvalue weighted by atomic mass is 10.4. The highest BCUT2D eigenvalue weighted by Crippen LogP contribution is 1.78. The van der Waals surface area contributed by atoms with Crippen LogP contribution in [0, 0.1) is 0 Å². The Morgan fingerprint density at radius 2 is 2.27 bits per heavy atom. The summed E-state index contributed by atoms with van der Waals surface area (Å²) in [7, 11) is 0. The second-order valence-corrected chi connectivity index (χ2v) is 2.36. The molecule has 0 amide bonds. The van der Waals surface area contributed by atoms with Crippen LogP contribution in [0.5, 0.6) is 0 Å². The van der Waals surface area contributed by atoms with Gasteiger partial charge in [0.2, 0.25) is 5.96 Å². The lowest BCUT2D eigenvalue weighted by Crippen LogP contribution is -2.44. The van der Waals surface area contributed by atoms with Gasteiger partial charge in [-0.1, -0.05) is 0 Å². The smallest absolute Gasteiger partial charge is 0.206 e. The number of nitrogens with two attached hydrogens (primary N) is 1. The number of nitrogens with zero attached hydrogens (tertiary/aromatic N) is 1. The highest BCUT2D eigenvalue weighted by atomic mass is 19.1. The highest BCUT2D eigenvalue weighted by molar-refractivity contribution is 5.79. The molecule has 0 aromatic carbocycles. The van der Waals surface area contributed by atoms with Gasteiger partial charge in [0.05, 0.1) is 6.54 Å². The van der Waals surface area contributed by atoms with Crippen molar-refractivity contribution < 1.29 is 4.39 Å². The number of alkyl halides is 1. The van der Waals surface area contributed by atoms with Gasteiger partial charge in [0, 0.05) is 6.04 Å². The molecule has 66 valence electrons. The summed E-state index contributed by atoms with van der Waals surface area (Å²) < 4.78 is 11.6. The summed E-state index contributed by atoms with van der Waals surface area (Å²) in [5.41, 5.74) is 2.34. The quantitative estimate of drug-likeness (QED) is 0.232. The van der Waals surface area contributed by atoms with E-state index in [1.165, 1.54) is 0 Å². The van der Waals surface area contributed by atoms with E-state index >= 15 is 0 Å². The average Bonchev–Trinajstić information content (AvgIpc) is 1.97. The van der Waals surface area contributed by atoms with E-state index in [4.69, 9.17) is 5.84 Å². The van der Waals surface area contributed by atoms with Crippen molar-refractivity contribution in [3.05, 3.63) is 0 Å². The third kappa shape index (κ3) is 5.60. The van der Waals surface area contributed by atoms with Crippen LogP contribution in [0.15, 0.2) is 4.99 Å². The van der Waals surface area contributed by atoms with Crippen LogP contribution in [0.4, 0.5) is 4.39 Å². The van der Waals surface area contributed by atoms with Crippen molar-refractivity contribution in [1.82, 2.24) is 10.7 Å². The van der Waals surface area contributed by atoms with Crippen molar-refractivity contribution in [2.45, 2.75) is 19.9 Å². The van der Waals surface area contributed by atoms with Crippen molar-refractivity contribution >= 4 is 5.96 Å². The molecule has 0 atom stereocenters. The second-order valence-electron chi connectivity index (χ2n) is 2.36. The molecule has 0 saturated heterocycles. The van der Waals surface area contributed by atoms with Crippen LogP contribution in [0.1, 0.15) is 13.8 Å². The standard InChI is InChI=1S/C6H15FN4/c1-5(2)10-6(11-8)9-4-3-7/h5H,3-4,8H2,1-2H3,(H2,9,10,11). The van der Waals surface area contributed by atoms with Crippen LogP contribution in [-0.2, 0) is 0 Å². The maximum absolute atomic E-state index is 11.6. The zero-order valence-corrected chi connectivity index (χ0v) is 6.89. The van der Waals surface area contributed by atoms with Crippen molar-refractivity contribution in [3.8, 4) is 0 Å². The normalized spacial score (nSPS) is 11.9. The zero-order chi connectivity index (χ0) is 8.69. The summed E-state index contributed by atoms with van der Waals surface area (Å²) in [6.45, 7) is 3.56. The van der Waals surface area contributed by atoms with Crippen LogP contribution in [0.25, 0.3) is 0 Å². The third-order valence-electron chi connectivity index (χ3n) is 0.917. The molecule has 0 unspecified atom stereocenters. The Morgan fingerprint density at radius 1 is 1.64 bits per heavy atom. The minimum Gasteiger partial charge on any atom is -0.353 e. The van der Waals surface area contributed by atoms with Gasteiger partial charge in [0.1, 0.15) is 6.67 Å². The molecule has 0 radical (unpaired) electrons. The number of rotatable bonds is 3. The van der Waals surface area contributed by atoms with Gasteiger partial charge in [-0.25, -0.2) is 15.2 Å². The number of halogens is 1. The van der Waals surface area contributed by atoms with Gasteiger partial charge < -0.3 is 5.32 Å². The van der Waals surface area contributed by atoms with Gasteiger partial charge in [0.15, 0.2) is 0 Å². The largest absolute Gasteiger partial charge is 0.353 e. The molecule has 0 saturated carbocycles.